The second kappa shape index (κ2) is 13.3. The summed E-state index contributed by atoms with van der Waals surface area (Å²) < 4.78 is 14.1. The molecule has 8 rings (SSSR count). The maximum Gasteiger partial charge on any atom is 0.136 e. The number of ether oxygens (including phenoxy) is 2. The van der Waals surface area contributed by atoms with Crippen LogP contribution in [-0.2, 0) is 13.2 Å². The molecule has 0 saturated heterocycles. The SMILES string of the molecule is c1ccc(COc2c(-c3ccccc3)cc3ccccc3c2-c2c(OCc3ccccc3)c(-c3ccccc3)cc3ccccc23)cc1. The summed E-state index contributed by atoms with van der Waals surface area (Å²) in [5.74, 6) is 1.67. The zero-order valence-electron chi connectivity index (χ0n) is 26.6. The van der Waals surface area contributed by atoms with Crippen LogP contribution < -0.4 is 9.47 Å². The first-order valence-corrected chi connectivity index (χ1v) is 16.4. The highest BCUT2D eigenvalue weighted by atomic mass is 16.5. The van der Waals surface area contributed by atoms with Crippen LogP contribution >= 0.6 is 0 Å². The van der Waals surface area contributed by atoms with E-state index in [1.807, 2.05) is 12.1 Å². The van der Waals surface area contributed by atoms with Gasteiger partial charge in [0.1, 0.15) is 24.7 Å². The second-order valence-corrected chi connectivity index (χ2v) is 12.0. The van der Waals surface area contributed by atoms with E-state index in [0.29, 0.717) is 13.2 Å². The number of rotatable bonds is 9. The molecular weight excluding hydrogens is 585 g/mol. The zero-order chi connectivity index (χ0) is 32.1. The van der Waals surface area contributed by atoms with Crippen molar-refractivity contribution in [2.75, 3.05) is 0 Å². The smallest absolute Gasteiger partial charge is 0.136 e. The minimum Gasteiger partial charge on any atom is -0.488 e. The molecule has 2 heteroatoms. The van der Waals surface area contributed by atoms with Gasteiger partial charge in [0.15, 0.2) is 0 Å². The molecule has 0 fully saturated rings. The van der Waals surface area contributed by atoms with E-state index in [4.69, 9.17) is 9.47 Å². The van der Waals surface area contributed by atoms with Gasteiger partial charge < -0.3 is 9.47 Å². The molecule has 0 bridgehead atoms. The van der Waals surface area contributed by atoms with Gasteiger partial charge in [-0.15, -0.1) is 0 Å². The fourth-order valence-electron chi connectivity index (χ4n) is 6.58. The van der Waals surface area contributed by atoms with Gasteiger partial charge in [-0.05, 0) is 55.9 Å². The van der Waals surface area contributed by atoms with Gasteiger partial charge in [-0.25, -0.2) is 0 Å². The van der Waals surface area contributed by atoms with E-state index in [9.17, 15) is 0 Å². The first-order chi connectivity index (χ1) is 23.8. The highest BCUT2D eigenvalue weighted by Crippen LogP contribution is 2.52. The van der Waals surface area contributed by atoms with Crippen molar-refractivity contribution in [2.45, 2.75) is 13.2 Å². The van der Waals surface area contributed by atoms with Crippen LogP contribution in [0, 0.1) is 0 Å². The molecule has 0 aromatic heterocycles. The average molecular weight is 619 g/mol. The monoisotopic (exact) mass is 618 g/mol. The summed E-state index contributed by atoms with van der Waals surface area (Å²) in [6.45, 7) is 0.866. The van der Waals surface area contributed by atoms with E-state index in [-0.39, 0.29) is 0 Å². The van der Waals surface area contributed by atoms with Crippen LogP contribution in [0.3, 0.4) is 0 Å². The standard InChI is InChI=1S/C46H34O2/c1-5-17-33(18-6-1)31-47-45-41(35-21-9-3-10-22-35)29-37-25-13-15-27-39(37)43(45)44-40-28-16-14-26-38(40)30-42(36-23-11-4-12-24-36)46(44)48-32-34-19-7-2-8-20-34/h1-30H,31-32H2. The van der Waals surface area contributed by atoms with Gasteiger partial charge in [0.25, 0.3) is 0 Å². The summed E-state index contributed by atoms with van der Waals surface area (Å²) >= 11 is 0. The molecule has 8 aromatic rings. The second-order valence-electron chi connectivity index (χ2n) is 12.0. The van der Waals surface area contributed by atoms with Crippen molar-refractivity contribution in [2.24, 2.45) is 0 Å². The highest BCUT2D eigenvalue weighted by Gasteiger charge is 2.25. The zero-order valence-corrected chi connectivity index (χ0v) is 26.6. The molecule has 8 aromatic carbocycles. The summed E-state index contributed by atoms with van der Waals surface area (Å²) in [5.41, 5.74) is 8.57. The third kappa shape index (κ3) is 5.81. The Morgan fingerprint density at radius 2 is 0.667 bits per heavy atom. The van der Waals surface area contributed by atoms with Crippen molar-refractivity contribution in [3.63, 3.8) is 0 Å². The van der Waals surface area contributed by atoms with E-state index < -0.39 is 0 Å². The molecule has 230 valence electrons. The molecular formula is C46H34O2. The van der Waals surface area contributed by atoms with Gasteiger partial charge in [-0.3, -0.25) is 0 Å². The minimum absolute atomic E-state index is 0.433. The average Bonchev–Trinajstić information content (AvgIpc) is 3.17. The predicted octanol–water partition coefficient (Wildman–Crippen LogP) is 12.2. The lowest BCUT2D eigenvalue weighted by atomic mass is 9.86. The largest absolute Gasteiger partial charge is 0.488 e. The molecule has 0 saturated carbocycles. The maximum atomic E-state index is 7.03. The van der Waals surface area contributed by atoms with Gasteiger partial charge in [0.05, 0.1) is 0 Å². The number of hydrogen-bond donors (Lipinski definition) is 0. The van der Waals surface area contributed by atoms with Crippen molar-refractivity contribution in [3.8, 4) is 44.9 Å². The van der Waals surface area contributed by atoms with Crippen LogP contribution in [-0.4, -0.2) is 0 Å². The summed E-state index contributed by atoms with van der Waals surface area (Å²) in [6.07, 6.45) is 0. The molecule has 0 aliphatic heterocycles. The summed E-state index contributed by atoms with van der Waals surface area (Å²) in [6, 6.07) is 63.7. The third-order valence-electron chi connectivity index (χ3n) is 8.87. The quantitative estimate of drug-likeness (QED) is 0.160. The first-order valence-electron chi connectivity index (χ1n) is 16.4. The van der Waals surface area contributed by atoms with Gasteiger partial charge >= 0.3 is 0 Å². The Hall–Kier alpha value is -6.12. The van der Waals surface area contributed by atoms with Crippen molar-refractivity contribution >= 4 is 21.5 Å². The van der Waals surface area contributed by atoms with Crippen molar-refractivity contribution in [1.82, 2.24) is 0 Å². The summed E-state index contributed by atoms with van der Waals surface area (Å²) in [4.78, 5) is 0. The van der Waals surface area contributed by atoms with Gasteiger partial charge in [-0.2, -0.15) is 0 Å². The van der Waals surface area contributed by atoms with Crippen LogP contribution in [0.2, 0.25) is 0 Å². The maximum absolute atomic E-state index is 7.03. The lowest BCUT2D eigenvalue weighted by Crippen LogP contribution is -2.03. The fourth-order valence-corrected chi connectivity index (χ4v) is 6.58. The number of benzene rings is 8. The van der Waals surface area contributed by atoms with Crippen molar-refractivity contribution in [1.29, 1.82) is 0 Å². The molecule has 0 spiro atoms. The summed E-state index contributed by atoms with van der Waals surface area (Å²) in [5, 5.41) is 4.50. The van der Waals surface area contributed by atoms with Crippen LogP contribution in [0.5, 0.6) is 11.5 Å². The molecule has 0 heterocycles. The van der Waals surface area contributed by atoms with Crippen LogP contribution in [0.4, 0.5) is 0 Å². The van der Waals surface area contributed by atoms with E-state index in [1.165, 1.54) is 0 Å². The van der Waals surface area contributed by atoms with E-state index in [1.54, 1.807) is 0 Å². The third-order valence-corrected chi connectivity index (χ3v) is 8.87. The number of hydrogen-bond acceptors (Lipinski definition) is 2. The Bertz CT molecular complexity index is 2140. The Balaban J connectivity index is 1.48. The van der Waals surface area contributed by atoms with Crippen molar-refractivity contribution < 1.29 is 9.47 Å². The molecule has 48 heavy (non-hydrogen) atoms. The van der Waals surface area contributed by atoms with Gasteiger partial charge in [-0.1, -0.05) is 170 Å². The Labute approximate surface area is 281 Å². The molecule has 0 radical (unpaired) electrons. The predicted molar refractivity (Wildman–Crippen MR) is 199 cm³/mol. The lowest BCUT2D eigenvalue weighted by molar-refractivity contribution is 0.305. The van der Waals surface area contributed by atoms with Crippen LogP contribution in [0.25, 0.3) is 54.9 Å². The molecule has 2 nitrogen and oxygen atoms in total. The first kappa shape index (κ1) is 29.3. The van der Waals surface area contributed by atoms with Crippen LogP contribution in [0.15, 0.2) is 182 Å². The fraction of sp³-hybridized carbons (Fsp3) is 0.0435. The Morgan fingerprint density at radius 1 is 0.333 bits per heavy atom. The van der Waals surface area contributed by atoms with Gasteiger partial charge in [0, 0.05) is 22.3 Å². The molecule has 0 amide bonds. The molecule has 0 atom stereocenters. The van der Waals surface area contributed by atoms with E-state index in [0.717, 1.165) is 77.6 Å². The van der Waals surface area contributed by atoms with Gasteiger partial charge in [0.2, 0.25) is 0 Å². The topological polar surface area (TPSA) is 18.5 Å². The minimum atomic E-state index is 0.433. The molecule has 0 N–H and O–H groups in total. The van der Waals surface area contributed by atoms with Crippen molar-refractivity contribution in [3.05, 3.63) is 193 Å². The highest BCUT2D eigenvalue weighted by molar-refractivity contribution is 6.14. The van der Waals surface area contributed by atoms with E-state index in [2.05, 4.69) is 170 Å². The molecule has 0 aliphatic rings. The lowest BCUT2D eigenvalue weighted by Gasteiger charge is -2.24. The summed E-state index contributed by atoms with van der Waals surface area (Å²) in [7, 11) is 0. The molecule has 0 unspecified atom stereocenters. The normalized spacial score (nSPS) is 11.1. The number of fused-ring (bicyclic) bond motifs is 2. The Morgan fingerprint density at radius 3 is 1.06 bits per heavy atom. The van der Waals surface area contributed by atoms with E-state index >= 15 is 0 Å². The molecule has 0 aliphatic carbocycles. The Kier molecular flexibility index (Phi) is 8.13. The van der Waals surface area contributed by atoms with Crippen LogP contribution in [0.1, 0.15) is 11.1 Å².